The van der Waals surface area contributed by atoms with Crippen LogP contribution in [-0.2, 0) is 28.4 Å². The van der Waals surface area contributed by atoms with Crippen molar-refractivity contribution in [1.29, 1.82) is 0 Å². The molecule has 1 amide bonds. The van der Waals surface area contributed by atoms with Gasteiger partial charge in [-0.15, -0.1) is 0 Å². The minimum Gasteiger partial charge on any atom is -0.381 e. The summed E-state index contributed by atoms with van der Waals surface area (Å²) in [6, 6.07) is 17.1. The van der Waals surface area contributed by atoms with E-state index in [2.05, 4.69) is 78.6 Å². The molecule has 3 aromatic rings. The van der Waals surface area contributed by atoms with Crippen LogP contribution >= 0.6 is 0 Å². The average Bonchev–Trinajstić information content (AvgIpc) is 3.08. The quantitative estimate of drug-likeness (QED) is 0.683. The second kappa shape index (κ2) is 8.42. The molecular weight excluding hydrogens is 360 g/mol. The van der Waals surface area contributed by atoms with Crippen LogP contribution in [0.2, 0.25) is 0 Å². The zero-order chi connectivity index (χ0) is 20.3. The van der Waals surface area contributed by atoms with E-state index >= 15 is 0 Å². The first kappa shape index (κ1) is 19.7. The molecule has 0 radical (unpaired) electrons. The van der Waals surface area contributed by atoms with Crippen LogP contribution in [0.25, 0.3) is 10.9 Å². The van der Waals surface area contributed by atoms with Gasteiger partial charge in [-0.1, -0.05) is 48.0 Å². The molecule has 4 rings (SSSR count). The van der Waals surface area contributed by atoms with Crippen LogP contribution in [0.1, 0.15) is 36.0 Å². The fraction of sp³-hybridized carbons (Fsp3) is 0.400. The summed E-state index contributed by atoms with van der Waals surface area (Å²) in [6.45, 7) is 4.28. The lowest BCUT2D eigenvalue weighted by Crippen LogP contribution is -2.44. The van der Waals surface area contributed by atoms with Gasteiger partial charge in [-0.25, -0.2) is 0 Å². The van der Waals surface area contributed by atoms with Gasteiger partial charge in [0.15, 0.2) is 0 Å². The standard InChI is InChI=1S/C25H30N2O2/c1-19-7-10-21(11-8-19)25(13-15-29-16-14-25)18-26-24(28)12-9-20-17-27(2)23-6-4-3-5-22(20)23/h3-8,10-11,17H,9,12-16,18H2,1-2H3,(H,26,28). The van der Waals surface area contributed by atoms with Crippen LogP contribution in [0.4, 0.5) is 0 Å². The van der Waals surface area contributed by atoms with E-state index in [9.17, 15) is 4.79 Å². The lowest BCUT2D eigenvalue weighted by Gasteiger charge is -2.38. The topological polar surface area (TPSA) is 43.3 Å². The summed E-state index contributed by atoms with van der Waals surface area (Å²) in [6.07, 6.45) is 5.30. The SMILES string of the molecule is Cc1ccc(C2(CNC(=O)CCc3cn(C)c4ccccc34)CCOCC2)cc1. The Kier molecular flexibility index (Phi) is 5.72. The van der Waals surface area contributed by atoms with E-state index in [1.54, 1.807) is 0 Å². The summed E-state index contributed by atoms with van der Waals surface area (Å²) < 4.78 is 7.75. The Labute approximate surface area is 172 Å². The summed E-state index contributed by atoms with van der Waals surface area (Å²) in [7, 11) is 2.06. The van der Waals surface area contributed by atoms with Crippen LogP contribution in [-0.4, -0.2) is 30.2 Å². The second-order valence-corrected chi connectivity index (χ2v) is 8.32. The number of carbonyl (C=O) groups excluding carboxylic acids is 1. The van der Waals surface area contributed by atoms with Crippen LogP contribution < -0.4 is 5.32 Å². The molecule has 0 saturated carbocycles. The van der Waals surface area contributed by atoms with E-state index < -0.39 is 0 Å². The summed E-state index contributed by atoms with van der Waals surface area (Å²) in [5.74, 6) is 0.121. The maximum atomic E-state index is 12.7. The first-order chi connectivity index (χ1) is 14.1. The van der Waals surface area contributed by atoms with Crippen molar-refractivity contribution < 1.29 is 9.53 Å². The summed E-state index contributed by atoms with van der Waals surface area (Å²) in [4.78, 5) is 12.7. The molecule has 4 nitrogen and oxygen atoms in total. The van der Waals surface area contributed by atoms with E-state index in [4.69, 9.17) is 4.74 Å². The molecule has 1 fully saturated rings. The van der Waals surface area contributed by atoms with Gasteiger partial charge >= 0.3 is 0 Å². The highest BCUT2D eigenvalue weighted by Gasteiger charge is 2.34. The number of nitrogens with one attached hydrogen (secondary N) is 1. The van der Waals surface area contributed by atoms with Crippen molar-refractivity contribution in [2.75, 3.05) is 19.8 Å². The number of rotatable bonds is 6. The lowest BCUT2D eigenvalue weighted by atomic mass is 9.74. The molecule has 4 heteroatoms. The predicted molar refractivity (Wildman–Crippen MR) is 117 cm³/mol. The summed E-state index contributed by atoms with van der Waals surface area (Å²) >= 11 is 0. The molecule has 1 N–H and O–H groups in total. The number of carbonyl (C=O) groups is 1. The van der Waals surface area contributed by atoms with Crippen LogP contribution in [0, 0.1) is 6.92 Å². The third kappa shape index (κ3) is 4.23. The number of amides is 1. The highest BCUT2D eigenvalue weighted by atomic mass is 16.5. The molecule has 2 aromatic carbocycles. The molecule has 2 heterocycles. The molecule has 0 atom stereocenters. The Balaban J connectivity index is 1.41. The van der Waals surface area contributed by atoms with Crippen molar-refractivity contribution in [2.45, 2.75) is 38.0 Å². The molecular formula is C25H30N2O2. The van der Waals surface area contributed by atoms with Gasteiger partial charge in [0, 0.05) is 55.7 Å². The van der Waals surface area contributed by atoms with E-state index in [0.29, 0.717) is 13.0 Å². The number of fused-ring (bicyclic) bond motifs is 1. The van der Waals surface area contributed by atoms with Gasteiger partial charge in [-0.3, -0.25) is 4.79 Å². The molecule has 0 bridgehead atoms. The number of ether oxygens (including phenoxy) is 1. The Morgan fingerprint density at radius 2 is 1.83 bits per heavy atom. The number of aromatic nitrogens is 1. The van der Waals surface area contributed by atoms with Gasteiger partial charge in [0.1, 0.15) is 0 Å². The average molecular weight is 391 g/mol. The van der Waals surface area contributed by atoms with E-state index in [0.717, 1.165) is 32.5 Å². The second-order valence-electron chi connectivity index (χ2n) is 8.32. The Hall–Kier alpha value is -2.59. The fourth-order valence-corrected chi connectivity index (χ4v) is 4.47. The molecule has 29 heavy (non-hydrogen) atoms. The van der Waals surface area contributed by atoms with Crippen LogP contribution in [0.15, 0.2) is 54.7 Å². The van der Waals surface area contributed by atoms with E-state index in [-0.39, 0.29) is 11.3 Å². The number of nitrogens with zero attached hydrogens (tertiary/aromatic N) is 1. The van der Waals surface area contributed by atoms with E-state index in [1.807, 2.05) is 0 Å². The fourth-order valence-electron chi connectivity index (χ4n) is 4.47. The normalized spacial score (nSPS) is 16.1. The van der Waals surface area contributed by atoms with Crippen LogP contribution in [0.3, 0.4) is 0 Å². The molecule has 0 spiro atoms. The minimum absolute atomic E-state index is 0.0267. The number of para-hydroxylation sites is 1. The molecule has 0 unspecified atom stereocenters. The van der Waals surface area contributed by atoms with E-state index in [1.165, 1.54) is 27.6 Å². The maximum Gasteiger partial charge on any atom is 0.220 e. The van der Waals surface area contributed by atoms with Crippen molar-refractivity contribution in [3.8, 4) is 0 Å². The maximum absolute atomic E-state index is 12.7. The zero-order valence-corrected chi connectivity index (χ0v) is 17.4. The summed E-state index contributed by atoms with van der Waals surface area (Å²) in [5.41, 5.74) is 4.98. The van der Waals surface area contributed by atoms with Gasteiger partial charge in [-0.2, -0.15) is 0 Å². The highest BCUT2D eigenvalue weighted by molar-refractivity contribution is 5.85. The van der Waals surface area contributed by atoms with Crippen molar-refractivity contribution >= 4 is 16.8 Å². The lowest BCUT2D eigenvalue weighted by molar-refractivity contribution is -0.121. The van der Waals surface area contributed by atoms with Gasteiger partial charge < -0.3 is 14.6 Å². The minimum atomic E-state index is -0.0267. The third-order valence-electron chi connectivity index (χ3n) is 6.34. The monoisotopic (exact) mass is 390 g/mol. The van der Waals surface area contributed by atoms with Gasteiger partial charge in [0.05, 0.1) is 0 Å². The van der Waals surface area contributed by atoms with Gasteiger partial charge in [0.2, 0.25) is 5.91 Å². The molecule has 152 valence electrons. The zero-order valence-electron chi connectivity index (χ0n) is 17.4. The van der Waals surface area contributed by atoms with Gasteiger partial charge in [0.25, 0.3) is 0 Å². The van der Waals surface area contributed by atoms with Gasteiger partial charge in [-0.05, 0) is 43.4 Å². The Bertz CT molecular complexity index is 982. The molecule has 1 aromatic heterocycles. The third-order valence-corrected chi connectivity index (χ3v) is 6.34. The Morgan fingerprint density at radius 3 is 2.59 bits per heavy atom. The first-order valence-electron chi connectivity index (χ1n) is 10.5. The molecule has 1 saturated heterocycles. The van der Waals surface area contributed by atoms with Crippen molar-refractivity contribution in [3.63, 3.8) is 0 Å². The molecule has 1 aliphatic rings. The number of hydrogen-bond acceptors (Lipinski definition) is 2. The van der Waals surface area contributed by atoms with Crippen LogP contribution in [0.5, 0.6) is 0 Å². The van der Waals surface area contributed by atoms with Crippen molar-refractivity contribution in [1.82, 2.24) is 9.88 Å². The number of aryl methyl sites for hydroxylation is 3. The largest absolute Gasteiger partial charge is 0.381 e. The summed E-state index contributed by atoms with van der Waals surface area (Å²) in [5, 5.41) is 4.47. The first-order valence-corrected chi connectivity index (χ1v) is 10.5. The highest BCUT2D eigenvalue weighted by Crippen LogP contribution is 2.34. The van der Waals surface area contributed by atoms with Crippen molar-refractivity contribution in [3.05, 3.63) is 71.4 Å². The molecule has 0 aliphatic carbocycles. The smallest absolute Gasteiger partial charge is 0.220 e. The Morgan fingerprint density at radius 1 is 1.10 bits per heavy atom. The predicted octanol–water partition coefficient (Wildman–Crippen LogP) is 4.28. The molecule has 1 aliphatic heterocycles. The van der Waals surface area contributed by atoms with Crippen molar-refractivity contribution in [2.24, 2.45) is 7.05 Å². The number of hydrogen-bond donors (Lipinski definition) is 1. The number of benzene rings is 2.